The van der Waals surface area contributed by atoms with Gasteiger partial charge in [0.2, 0.25) is 0 Å². The number of ether oxygens (including phenoxy) is 1. The lowest BCUT2D eigenvalue weighted by atomic mass is 9.80. The molecule has 1 aliphatic carbocycles. The van der Waals surface area contributed by atoms with Crippen LogP contribution < -0.4 is 5.73 Å². The number of hydrogen-bond donors (Lipinski definition) is 1. The predicted molar refractivity (Wildman–Crippen MR) is 73.5 cm³/mol. The van der Waals surface area contributed by atoms with E-state index in [4.69, 9.17) is 22.7 Å². The summed E-state index contributed by atoms with van der Waals surface area (Å²) >= 11 is 5.03. The van der Waals surface area contributed by atoms with Crippen LogP contribution in [0.1, 0.15) is 43.6 Å². The molecule has 1 fully saturated rings. The molecule has 1 aromatic rings. The van der Waals surface area contributed by atoms with Gasteiger partial charge in [-0.05, 0) is 25.7 Å². The second kappa shape index (κ2) is 5.75. The first kappa shape index (κ1) is 13.4. The van der Waals surface area contributed by atoms with Crippen molar-refractivity contribution in [3.63, 3.8) is 0 Å². The fourth-order valence-corrected chi connectivity index (χ4v) is 2.54. The van der Waals surface area contributed by atoms with Crippen molar-refractivity contribution < 1.29 is 4.74 Å². The summed E-state index contributed by atoms with van der Waals surface area (Å²) in [6, 6.07) is 0.362. The van der Waals surface area contributed by atoms with Crippen molar-refractivity contribution in [2.45, 2.75) is 38.6 Å². The lowest BCUT2D eigenvalue weighted by molar-refractivity contribution is 0.187. The Morgan fingerprint density at radius 3 is 2.83 bits per heavy atom. The molecule has 0 saturated heterocycles. The largest absolute Gasteiger partial charge is 0.388 e. The van der Waals surface area contributed by atoms with Crippen LogP contribution in [0.5, 0.6) is 0 Å². The zero-order valence-electron chi connectivity index (χ0n) is 10.9. The number of aromatic nitrogens is 3. The minimum atomic E-state index is 0.313. The molecule has 0 spiro atoms. The van der Waals surface area contributed by atoms with Crippen molar-refractivity contribution >= 4 is 17.2 Å². The van der Waals surface area contributed by atoms with Gasteiger partial charge in [-0.3, -0.25) is 0 Å². The average Bonchev–Trinajstić information content (AvgIpc) is 2.67. The zero-order chi connectivity index (χ0) is 13.1. The molecule has 0 bridgehead atoms. The van der Waals surface area contributed by atoms with Gasteiger partial charge >= 0.3 is 0 Å². The van der Waals surface area contributed by atoms with Gasteiger partial charge < -0.3 is 10.5 Å². The summed E-state index contributed by atoms with van der Waals surface area (Å²) in [7, 11) is 1.68. The van der Waals surface area contributed by atoms with E-state index in [0.717, 1.165) is 12.1 Å². The first-order chi connectivity index (χ1) is 8.65. The van der Waals surface area contributed by atoms with Crippen LogP contribution in [-0.4, -0.2) is 33.7 Å². The molecule has 1 aromatic heterocycles. The quantitative estimate of drug-likeness (QED) is 0.791. The van der Waals surface area contributed by atoms with Crippen molar-refractivity contribution in [3.8, 4) is 0 Å². The average molecular weight is 268 g/mol. The molecular weight excluding hydrogens is 248 g/mol. The van der Waals surface area contributed by atoms with Gasteiger partial charge in [0, 0.05) is 13.5 Å². The molecular formula is C12H20N4OS. The second-order valence-corrected chi connectivity index (χ2v) is 5.31. The molecule has 0 aromatic carbocycles. The number of nitrogens with two attached hydrogens (primary N) is 1. The van der Waals surface area contributed by atoms with Crippen molar-refractivity contribution in [1.82, 2.24) is 15.0 Å². The summed E-state index contributed by atoms with van der Waals surface area (Å²) in [4.78, 5) is 0.313. The van der Waals surface area contributed by atoms with Gasteiger partial charge in [-0.25, -0.2) is 4.68 Å². The molecule has 0 radical (unpaired) electrons. The smallest absolute Gasteiger partial charge is 0.143 e. The van der Waals surface area contributed by atoms with E-state index in [-0.39, 0.29) is 0 Å². The predicted octanol–water partition coefficient (Wildman–Crippen LogP) is 1.46. The third-order valence-corrected chi connectivity index (χ3v) is 3.98. The molecule has 2 rings (SSSR count). The van der Waals surface area contributed by atoms with Gasteiger partial charge in [0.05, 0.1) is 18.3 Å². The van der Waals surface area contributed by atoms with Crippen molar-refractivity contribution in [1.29, 1.82) is 0 Å². The first-order valence-corrected chi connectivity index (χ1v) is 6.78. The summed E-state index contributed by atoms with van der Waals surface area (Å²) in [5.41, 5.74) is 7.35. The van der Waals surface area contributed by atoms with Crippen LogP contribution >= 0.6 is 12.2 Å². The van der Waals surface area contributed by atoms with Crippen LogP contribution in [-0.2, 0) is 11.2 Å². The van der Waals surface area contributed by atoms with Crippen LogP contribution in [0.3, 0.4) is 0 Å². The lowest BCUT2D eigenvalue weighted by Gasteiger charge is -2.32. The molecule has 1 aliphatic rings. The maximum absolute atomic E-state index is 5.70. The first-order valence-electron chi connectivity index (χ1n) is 6.38. The second-order valence-electron chi connectivity index (χ2n) is 4.87. The minimum absolute atomic E-state index is 0.313. The monoisotopic (exact) mass is 268 g/mol. The fraction of sp³-hybridized carbons (Fsp3) is 0.750. The van der Waals surface area contributed by atoms with Gasteiger partial charge in [0.15, 0.2) is 0 Å². The van der Waals surface area contributed by atoms with Crippen LogP contribution in [0.4, 0.5) is 0 Å². The van der Waals surface area contributed by atoms with Crippen molar-refractivity contribution in [2.75, 3.05) is 13.7 Å². The molecule has 1 atom stereocenters. The van der Waals surface area contributed by atoms with E-state index in [1.807, 2.05) is 4.68 Å². The standard InChI is InChI=1S/C12H20N4OS/c1-8(9-4-3-5-9)16-10(6-7-17-2)11(12(13)18)14-15-16/h8-9H,3-7H2,1-2H3,(H2,13,18). The van der Waals surface area contributed by atoms with Gasteiger partial charge in [0.1, 0.15) is 10.7 Å². The maximum Gasteiger partial charge on any atom is 0.143 e. The Hall–Kier alpha value is -1.01. The highest BCUT2D eigenvalue weighted by Crippen LogP contribution is 2.36. The van der Waals surface area contributed by atoms with Crippen LogP contribution in [0, 0.1) is 5.92 Å². The maximum atomic E-state index is 5.70. The third kappa shape index (κ3) is 2.54. The molecule has 2 N–H and O–H groups in total. The Balaban J connectivity index is 2.24. The molecule has 1 heterocycles. The molecule has 6 heteroatoms. The van der Waals surface area contributed by atoms with E-state index < -0.39 is 0 Å². The summed E-state index contributed by atoms with van der Waals surface area (Å²) in [5.74, 6) is 0.701. The Morgan fingerprint density at radius 2 is 2.33 bits per heavy atom. The molecule has 5 nitrogen and oxygen atoms in total. The van der Waals surface area contributed by atoms with E-state index in [2.05, 4.69) is 17.2 Å². The minimum Gasteiger partial charge on any atom is -0.388 e. The Bertz CT molecular complexity index is 428. The highest BCUT2D eigenvalue weighted by Gasteiger charge is 2.28. The molecule has 0 amide bonds. The van der Waals surface area contributed by atoms with Crippen LogP contribution in [0.25, 0.3) is 0 Å². The van der Waals surface area contributed by atoms with Crippen LogP contribution in [0.2, 0.25) is 0 Å². The molecule has 0 aliphatic heterocycles. The summed E-state index contributed by atoms with van der Waals surface area (Å²) in [5, 5.41) is 8.36. The molecule has 18 heavy (non-hydrogen) atoms. The molecule has 1 unspecified atom stereocenters. The van der Waals surface area contributed by atoms with Gasteiger partial charge in [0.25, 0.3) is 0 Å². The van der Waals surface area contributed by atoms with Gasteiger partial charge in [-0.2, -0.15) is 0 Å². The zero-order valence-corrected chi connectivity index (χ0v) is 11.7. The summed E-state index contributed by atoms with van der Waals surface area (Å²) < 4.78 is 7.12. The van der Waals surface area contributed by atoms with E-state index in [1.165, 1.54) is 19.3 Å². The summed E-state index contributed by atoms with van der Waals surface area (Å²) in [6.07, 6.45) is 4.60. The number of hydrogen-bond acceptors (Lipinski definition) is 4. The van der Waals surface area contributed by atoms with Gasteiger partial charge in [-0.1, -0.05) is 23.9 Å². The van der Waals surface area contributed by atoms with Crippen LogP contribution in [0.15, 0.2) is 0 Å². The fourth-order valence-electron chi connectivity index (χ4n) is 2.39. The van der Waals surface area contributed by atoms with Gasteiger partial charge in [-0.15, -0.1) is 5.10 Å². The van der Waals surface area contributed by atoms with Crippen molar-refractivity contribution in [3.05, 3.63) is 11.4 Å². The Labute approximate surface area is 113 Å². The van der Waals surface area contributed by atoms with E-state index in [1.54, 1.807) is 7.11 Å². The highest BCUT2D eigenvalue weighted by atomic mass is 32.1. The Morgan fingerprint density at radius 1 is 1.61 bits per heavy atom. The third-order valence-electron chi connectivity index (χ3n) is 3.79. The number of methoxy groups -OCH3 is 1. The number of nitrogens with zero attached hydrogens (tertiary/aromatic N) is 3. The SMILES string of the molecule is COCCc1c(C(N)=S)nnn1C(C)C1CCC1. The number of thiocarbonyl (C=S) groups is 1. The topological polar surface area (TPSA) is 66.0 Å². The Kier molecular flexibility index (Phi) is 4.29. The highest BCUT2D eigenvalue weighted by molar-refractivity contribution is 7.80. The lowest BCUT2D eigenvalue weighted by Crippen LogP contribution is -2.26. The normalized spacial score (nSPS) is 17.4. The van der Waals surface area contributed by atoms with E-state index >= 15 is 0 Å². The summed E-state index contributed by atoms with van der Waals surface area (Å²) in [6.45, 7) is 2.82. The number of rotatable bonds is 6. The molecule has 100 valence electrons. The van der Waals surface area contributed by atoms with Crippen molar-refractivity contribution in [2.24, 2.45) is 11.7 Å². The molecule has 1 saturated carbocycles. The van der Waals surface area contributed by atoms with E-state index in [9.17, 15) is 0 Å². The van der Waals surface area contributed by atoms with E-state index in [0.29, 0.717) is 29.2 Å².